The number of hydrogen-bond acceptors (Lipinski definition) is 4. The minimum Gasteiger partial charge on any atom is -0.486 e. The summed E-state index contributed by atoms with van der Waals surface area (Å²) in [6.45, 7) is 3.98. The summed E-state index contributed by atoms with van der Waals surface area (Å²) in [6.07, 6.45) is 1.78. The Kier molecular flexibility index (Phi) is 5.07. The van der Waals surface area contributed by atoms with Gasteiger partial charge in [0.15, 0.2) is 11.5 Å². The van der Waals surface area contributed by atoms with Gasteiger partial charge in [0.25, 0.3) is 0 Å². The van der Waals surface area contributed by atoms with Crippen LogP contribution in [-0.2, 0) is 11.3 Å². The quantitative estimate of drug-likeness (QED) is 0.917. The lowest BCUT2D eigenvalue weighted by Gasteiger charge is -2.31. The van der Waals surface area contributed by atoms with Gasteiger partial charge in [0.2, 0.25) is 5.91 Å². The summed E-state index contributed by atoms with van der Waals surface area (Å²) >= 11 is 0. The van der Waals surface area contributed by atoms with Crippen LogP contribution in [0.2, 0.25) is 0 Å². The van der Waals surface area contributed by atoms with Crippen LogP contribution < -0.4 is 14.8 Å². The minimum atomic E-state index is 0.0650. The smallest absolute Gasteiger partial charge is 0.227 e. The molecule has 0 atom stereocenters. The Labute approximate surface area is 153 Å². The number of fused-ring (bicyclic) bond motifs is 1. The second kappa shape index (κ2) is 7.79. The monoisotopic (exact) mass is 352 g/mol. The van der Waals surface area contributed by atoms with Gasteiger partial charge in [0, 0.05) is 24.2 Å². The zero-order chi connectivity index (χ0) is 17.8. The van der Waals surface area contributed by atoms with Crippen molar-refractivity contribution in [2.45, 2.75) is 19.4 Å². The molecule has 0 radical (unpaired) electrons. The molecule has 26 heavy (non-hydrogen) atoms. The van der Waals surface area contributed by atoms with Crippen molar-refractivity contribution < 1.29 is 14.3 Å². The molecule has 2 aliphatic rings. The van der Waals surface area contributed by atoms with Crippen LogP contribution >= 0.6 is 0 Å². The highest BCUT2D eigenvalue weighted by molar-refractivity contribution is 5.93. The van der Waals surface area contributed by atoms with Crippen LogP contribution in [0.15, 0.2) is 48.5 Å². The van der Waals surface area contributed by atoms with E-state index in [0.29, 0.717) is 19.0 Å². The van der Waals surface area contributed by atoms with E-state index >= 15 is 0 Å². The second-order valence-electron chi connectivity index (χ2n) is 6.88. The molecule has 2 aliphatic heterocycles. The first-order valence-electron chi connectivity index (χ1n) is 9.25. The third kappa shape index (κ3) is 3.99. The van der Waals surface area contributed by atoms with E-state index in [-0.39, 0.29) is 11.8 Å². The summed E-state index contributed by atoms with van der Waals surface area (Å²) in [5.74, 6) is 1.60. The van der Waals surface area contributed by atoms with E-state index in [1.807, 2.05) is 24.3 Å². The van der Waals surface area contributed by atoms with Crippen molar-refractivity contribution in [3.63, 3.8) is 0 Å². The summed E-state index contributed by atoms with van der Waals surface area (Å²) in [5.41, 5.74) is 2.10. The zero-order valence-electron chi connectivity index (χ0n) is 14.8. The van der Waals surface area contributed by atoms with E-state index in [4.69, 9.17) is 9.47 Å². The van der Waals surface area contributed by atoms with E-state index < -0.39 is 0 Å². The molecular formula is C21H24N2O3. The number of ether oxygens (including phenoxy) is 2. The lowest BCUT2D eigenvalue weighted by Crippen LogP contribution is -2.37. The fraction of sp³-hybridized carbons (Fsp3) is 0.381. The molecular weight excluding hydrogens is 328 g/mol. The summed E-state index contributed by atoms with van der Waals surface area (Å²) in [4.78, 5) is 15.0. The molecule has 2 heterocycles. The first-order chi connectivity index (χ1) is 12.8. The molecule has 0 bridgehead atoms. The molecule has 0 spiro atoms. The fourth-order valence-electron chi connectivity index (χ4n) is 3.56. The van der Waals surface area contributed by atoms with Crippen LogP contribution in [0.3, 0.4) is 0 Å². The SMILES string of the molecule is O=C(Nc1ccc2c(c1)OCCO2)C1CCN(Cc2ccccc2)CC1. The lowest BCUT2D eigenvalue weighted by molar-refractivity contribution is -0.121. The molecule has 0 saturated carbocycles. The van der Waals surface area contributed by atoms with Gasteiger partial charge in [0.1, 0.15) is 13.2 Å². The average Bonchev–Trinajstić information content (AvgIpc) is 2.69. The van der Waals surface area contributed by atoms with Crippen molar-refractivity contribution >= 4 is 11.6 Å². The molecule has 0 aliphatic carbocycles. The number of carbonyl (C=O) groups excluding carboxylic acids is 1. The van der Waals surface area contributed by atoms with E-state index in [0.717, 1.165) is 43.9 Å². The number of piperidine rings is 1. The van der Waals surface area contributed by atoms with Gasteiger partial charge >= 0.3 is 0 Å². The molecule has 5 heteroatoms. The predicted molar refractivity (Wildman–Crippen MR) is 101 cm³/mol. The third-order valence-corrected chi connectivity index (χ3v) is 5.02. The first kappa shape index (κ1) is 16.9. The number of nitrogens with zero attached hydrogens (tertiary/aromatic N) is 1. The number of rotatable bonds is 4. The van der Waals surface area contributed by atoms with Crippen molar-refractivity contribution in [3.05, 3.63) is 54.1 Å². The summed E-state index contributed by atoms with van der Waals surface area (Å²) in [5, 5.41) is 3.03. The van der Waals surface area contributed by atoms with Crippen molar-refractivity contribution in [3.8, 4) is 11.5 Å². The molecule has 0 unspecified atom stereocenters. The molecule has 1 amide bonds. The van der Waals surface area contributed by atoms with Crippen molar-refractivity contribution in [1.29, 1.82) is 0 Å². The van der Waals surface area contributed by atoms with Gasteiger partial charge in [0.05, 0.1) is 0 Å². The lowest BCUT2D eigenvalue weighted by atomic mass is 9.95. The largest absolute Gasteiger partial charge is 0.486 e. The van der Waals surface area contributed by atoms with Crippen LogP contribution in [0, 0.1) is 5.92 Å². The molecule has 0 aromatic heterocycles. The van der Waals surface area contributed by atoms with Crippen LogP contribution in [-0.4, -0.2) is 37.1 Å². The highest BCUT2D eigenvalue weighted by Crippen LogP contribution is 2.33. The molecule has 136 valence electrons. The molecule has 1 saturated heterocycles. The van der Waals surface area contributed by atoms with Crippen LogP contribution in [0.5, 0.6) is 11.5 Å². The Bertz CT molecular complexity index is 755. The number of carbonyl (C=O) groups is 1. The Balaban J connectivity index is 1.30. The van der Waals surface area contributed by atoms with E-state index in [1.54, 1.807) is 0 Å². The summed E-state index contributed by atoms with van der Waals surface area (Å²) in [7, 11) is 0. The average molecular weight is 352 g/mol. The van der Waals surface area contributed by atoms with Gasteiger partial charge in [-0.2, -0.15) is 0 Å². The summed E-state index contributed by atoms with van der Waals surface area (Å²) < 4.78 is 11.1. The van der Waals surface area contributed by atoms with Crippen molar-refractivity contribution in [2.24, 2.45) is 5.92 Å². The number of nitrogens with one attached hydrogen (secondary N) is 1. The van der Waals surface area contributed by atoms with E-state index in [2.05, 4.69) is 34.5 Å². The van der Waals surface area contributed by atoms with Crippen molar-refractivity contribution in [2.75, 3.05) is 31.6 Å². The first-order valence-corrected chi connectivity index (χ1v) is 9.25. The predicted octanol–water partition coefficient (Wildman–Crippen LogP) is 3.31. The summed E-state index contributed by atoms with van der Waals surface area (Å²) in [6, 6.07) is 16.1. The van der Waals surface area contributed by atoms with Gasteiger partial charge in [-0.15, -0.1) is 0 Å². The maximum atomic E-state index is 12.6. The number of benzene rings is 2. The third-order valence-electron chi connectivity index (χ3n) is 5.02. The zero-order valence-corrected chi connectivity index (χ0v) is 14.8. The van der Waals surface area contributed by atoms with Crippen LogP contribution in [0.1, 0.15) is 18.4 Å². The Morgan fingerprint density at radius 2 is 1.73 bits per heavy atom. The van der Waals surface area contributed by atoms with Crippen LogP contribution in [0.4, 0.5) is 5.69 Å². The van der Waals surface area contributed by atoms with Gasteiger partial charge in [-0.3, -0.25) is 9.69 Å². The number of likely N-dealkylation sites (tertiary alicyclic amines) is 1. The van der Waals surface area contributed by atoms with Gasteiger partial charge in [-0.05, 0) is 43.6 Å². The molecule has 2 aromatic carbocycles. The van der Waals surface area contributed by atoms with E-state index in [1.165, 1.54) is 5.56 Å². The highest BCUT2D eigenvalue weighted by atomic mass is 16.6. The Hall–Kier alpha value is -2.53. The molecule has 4 rings (SSSR count). The van der Waals surface area contributed by atoms with E-state index in [9.17, 15) is 4.79 Å². The molecule has 2 aromatic rings. The number of anilines is 1. The Morgan fingerprint density at radius 3 is 2.50 bits per heavy atom. The fourth-order valence-corrected chi connectivity index (χ4v) is 3.56. The molecule has 1 fully saturated rings. The second-order valence-corrected chi connectivity index (χ2v) is 6.88. The normalized spacial score (nSPS) is 17.7. The minimum absolute atomic E-state index is 0.0650. The maximum Gasteiger partial charge on any atom is 0.227 e. The molecule has 5 nitrogen and oxygen atoms in total. The van der Waals surface area contributed by atoms with Gasteiger partial charge in [-0.25, -0.2) is 0 Å². The number of hydrogen-bond donors (Lipinski definition) is 1. The van der Waals surface area contributed by atoms with Crippen molar-refractivity contribution in [1.82, 2.24) is 4.90 Å². The number of amides is 1. The maximum absolute atomic E-state index is 12.6. The van der Waals surface area contributed by atoms with Crippen LogP contribution in [0.25, 0.3) is 0 Å². The standard InChI is InChI=1S/C21H24N2O3/c24-21(22-18-6-7-19-20(14-18)26-13-12-25-19)17-8-10-23(11-9-17)15-16-4-2-1-3-5-16/h1-7,14,17H,8-13,15H2,(H,22,24). The Morgan fingerprint density at radius 1 is 1.00 bits per heavy atom. The highest BCUT2D eigenvalue weighted by Gasteiger charge is 2.25. The van der Waals surface area contributed by atoms with Gasteiger partial charge < -0.3 is 14.8 Å². The van der Waals surface area contributed by atoms with Gasteiger partial charge in [-0.1, -0.05) is 30.3 Å². The molecule has 1 N–H and O–H groups in total. The topological polar surface area (TPSA) is 50.8 Å².